The fourth-order valence-corrected chi connectivity index (χ4v) is 3.24. The van der Waals surface area contributed by atoms with E-state index in [2.05, 4.69) is 5.32 Å². The zero-order chi connectivity index (χ0) is 18.6. The number of carbonyl (C=O) groups is 1. The lowest BCUT2D eigenvalue weighted by Crippen LogP contribution is -2.23. The molecular formula is C19H19N3O3S. The van der Waals surface area contributed by atoms with Crippen LogP contribution in [0.4, 0.5) is 0 Å². The highest BCUT2D eigenvalue weighted by Crippen LogP contribution is 2.12. The highest BCUT2D eigenvalue weighted by atomic mass is 32.2. The minimum Gasteiger partial charge on any atom is -0.348 e. The molecule has 26 heavy (non-hydrogen) atoms. The first kappa shape index (κ1) is 17.9. The van der Waals surface area contributed by atoms with Gasteiger partial charge in [0.25, 0.3) is 5.91 Å². The maximum absolute atomic E-state index is 12.4. The SMILES string of the molecule is NS(=O)(=O)Cc1ccc(CNC(=O)c2cccc(-n3cccc3)c2)cc1. The Bertz CT molecular complexity index is 995. The largest absolute Gasteiger partial charge is 0.348 e. The van der Waals surface area contributed by atoms with E-state index in [4.69, 9.17) is 5.14 Å². The Hall–Kier alpha value is -2.90. The molecule has 1 amide bonds. The van der Waals surface area contributed by atoms with Gasteiger partial charge in [-0.3, -0.25) is 4.79 Å². The van der Waals surface area contributed by atoms with Crippen molar-refractivity contribution in [1.29, 1.82) is 0 Å². The van der Waals surface area contributed by atoms with Gasteiger partial charge in [0.15, 0.2) is 0 Å². The molecule has 2 aromatic carbocycles. The van der Waals surface area contributed by atoms with Gasteiger partial charge < -0.3 is 9.88 Å². The molecule has 0 aliphatic rings. The Morgan fingerprint density at radius 1 is 0.962 bits per heavy atom. The fraction of sp³-hybridized carbons (Fsp3) is 0.105. The van der Waals surface area contributed by atoms with Crippen molar-refractivity contribution < 1.29 is 13.2 Å². The molecule has 7 heteroatoms. The van der Waals surface area contributed by atoms with E-state index in [9.17, 15) is 13.2 Å². The molecule has 3 aromatic rings. The Morgan fingerprint density at radius 3 is 2.27 bits per heavy atom. The maximum Gasteiger partial charge on any atom is 0.251 e. The van der Waals surface area contributed by atoms with Gasteiger partial charge in [-0.05, 0) is 41.5 Å². The maximum atomic E-state index is 12.4. The zero-order valence-corrected chi connectivity index (χ0v) is 14.8. The van der Waals surface area contributed by atoms with Crippen molar-refractivity contribution in [1.82, 2.24) is 9.88 Å². The number of hydrogen-bond donors (Lipinski definition) is 2. The standard InChI is InChI=1S/C19H19N3O3S/c20-26(24,25)14-16-8-6-15(7-9-16)13-21-19(23)17-4-3-5-18(12-17)22-10-1-2-11-22/h1-12H,13-14H2,(H,21,23)(H2,20,24,25). The minimum absolute atomic E-state index is 0.174. The molecule has 0 spiro atoms. The second-order valence-electron chi connectivity index (χ2n) is 5.95. The van der Waals surface area contributed by atoms with Crippen molar-refractivity contribution in [3.63, 3.8) is 0 Å². The summed E-state index contributed by atoms with van der Waals surface area (Å²) in [5.41, 5.74) is 2.97. The molecule has 3 rings (SSSR count). The predicted molar refractivity (Wildman–Crippen MR) is 100 cm³/mol. The third-order valence-electron chi connectivity index (χ3n) is 3.85. The smallest absolute Gasteiger partial charge is 0.251 e. The normalized spacial score (nSPS) is 11.3. The molecule has 6 nitrogen and oxygen atoms in total. The summed E-state index contributed by atoms with van der Waals surface area (Å²) in [5.74, 6) is -0.376. The summed E-state index contributed by atoms with van der Waals surface area (Å²) in [4.78, 5) is 12.4. The lowest BCUT2D eigenvalue weighted by atomic mass is 10.1. The van der Waals surface area contributed by atoms with Gasteiger partial charge in [0.2, 0.25) is 10.0 Å². The van der Waals surface area contributed by atoms with Crippen LogP contribution in [0.25, 0.3) is 5.69 Å². The quantitative estimate of drug-likeness (QED) is 0.697. The van der Waals surface area contributed by atoms with Crippen LogP contribution in [0.1, 0.15) is 21.5 Å². The lowest BCUT2D eigenvalue weighted by molar-refractivity contribution is 0.0951. The predicted octanol–water partition coefficient (Wildman–Crippen LogP) is 2.20. The van der Waals surface area contributed by atoms with Gasteiger partial charge in [0, 0.05) is 30.2 Å². The first-order valence-corrected chi connectivity index (χ1v) is 9.72. The number of rotatable bonds is 6. The number of amides is 1. The fourth-order valence-electron chi connectivity index (χ4n) is 2.58. The van der Waals surface area contributed by atoms with Crippen LogP contribution in [0.3, 0.4) is 0 Å². The van der Waals surface area contributed by atoms with E-state index in [1.165, 1.54) is 0 Å². The van der Waals surface area contributed by atoms with Crippen LogP contribution in [0.2, 0.25) is 0 Å². The van der Waals surface area contributed by atoms with Gasteiger partial charge >= 0.3 is 0 Å². The van der Waals surface area contributed by atoms with Gasteiger partial charge in [-0.2, -0.15) is 0 Å². The molecule has 134 valence electrons. The molecule has 0 saturated heterocycles. The number of sulfonamides is 1. The van der Waals surface area contributed by atoms with Crippen LogP contribution < -0.4 is 10.5 Å². The third kappa shape index (κ3) is 4.81. The summed E-state index contributed by atoms with van der Waals surface area (Å²) in [6.07, 6.45) is 3.83. The molecule has 0 radical (unpaired) electrons. The number of aromatic nitrogens is 1. The lowest BCUT2D eigenvalue weighted by Gasteiger charge is -2.08. The van der Waals surface area contributed by atoms with Crippen LogP contribution >= 0.6 is 0 Å². The molecular weight excluding hydrogens is 350 g/mol. The van der Waals surface area contributed by atoms with Gasteiger partial charge in [-0.25, -0.2) is 13.6 Å². The highest BCUT2D eigenvalue weighted by Gasteiger charge is 2.08. The minimum atomic E-state index is -3.55. The van der Waals surface area contributed by atoms with E-state index in [1.54, 1.807) is 30.3 Å². The van der Waals surface area contributed by atoms with E-state index >= 15 is 0 Å². The highest BCUT2D eigenvalue weighted by molar-refractivity contribution is 7.88. The van der Waals surface area contributed by atoms with Crippen molar-refractivity contribution in [2.24, 2.45) is 5.14 Å². The van der Waals surface area contributed by atoms with Crippen LogP contribution in [-0.2, 0) is 22.3 Å². The molecule has 3 N–H and O–H groups in total. The van der Waals surface area contributed by atoms with E-state index in [-0.39, 0.29) is 11.7 Å². The summed E-state index contributed by atoms with van der Waals surface area (Å²) < 4.78 is 24.1. The summed E-state index contributed by atoms with van der Waals surface area (Å²) in [7, 11) is -3.55. The van der Waals surface area contributed by atoms with Crippen molar-refractivity contribution in [3.8, 4) is 5.69 Å². The Morgan fingerprint density at radius 2 is 1.62 bits per heavy atom. The molecule has 0 bridgehead atoms. The number of hydrogen-bond acceptors (Lipinski definition) is 3. The van der Waals surface area contributed by atoms with Gasteiger partial charge in [-0.1, -0.05) is 30.3 Å². The number of nitrogens with zero attached hydrogens (tertiary/aromatic N) is 1. The van der Waals surface area contributed by atoms with Crippen LogP contribution in [0, 0.1) is 0 Å². The number of nitrogens with one attached hydrogen (secondary N) is 1. The zero-order valence-electron chi connectivity index (χ0n) is 14.0. The molecule has 0 aliphatic carbocycles. The number of nitrogens with two attached hydrogens (primary N) is 1. The number of primary sulfonamides is 1. The number of benzene rings is 2. The van der Waals surface area contributed by atoms with E-state index in [0.717, 1.165) is 11.3 Å². The monoisotopic (exact) mass is 369 g/mol. The Balaban J connectivity index is 1.63. The van der Waals surface area contributed by atoms with Crippen LogP contribution in [0.15, 0.2) is 73.1 Å². The summed E-state index contributed by atoms with van der Waals surface area (Å²) in [5, 5.41) is 7.89. The summed E-state index contributed by atoms with van der Waals surface area (Å²) in [6, 6.07) is 18.1. The average Bonchev–Trinajstić information content (AvgIpc) is 3.14. The van der Waals surface area contributed by atoms with E-state index in [0.29, 0.717) is 17.7 Å². The Kier molecular flexibility index (Phi) is 5.20. The molecule has 0 atom stereocenters. The summed E-state index contributed by atoms with van der Waals surface area (Å²) in [6.45, 7) is 0.349. The van der Waals surface area contributed by atoms with Crippen molar-refractivity contribution >= 4 is 15.9 Å². The second-order valence-corrected chi connectivity index (χ2v) is 7.56. The topological polar surface area (TPSA) is 94.2 Å². The molecule has 1 heterocycles. The van der Waals surface area contributed by atoms with E-state index < -0.39 is 10.0 Å². The Labute approximate surface area is 152 Å². The average molecular weight is 369 g/mol. The molecule has 0 aliphatic heterocycles. The molecule has 1 aromatic heterocycles. The third-order valence-corrected chi connectivity index (χ3v) is 4.59. The summed E-state index contributed by atoms with van der Waals surface area (Å²) >= 11 is 0. The second kappa shape index (κ2) is 7.55. The van der Waals surface area contributed by atoms with Crippen LogP contribution in [0.5, 0.6) is 0 Å². The van der Waals surface area contributed by atoms with Gasteiger partial charge in [-0.15, -0.1) is 0 Å². The molecule has 0 saturated carbocycles. The van der Waals surface area contributed by atoms with Crippen molar-refractivity contribution in [2.75, 3.05) is 0 Å². The first-order valence-electron chi connectivity index (χ1n) is 8.01. The van der Waals surface area contributed by atoms with Crippen molar-refractivity contribution in [2.45, 2.75) is 12.3 Å². The van der Waals surface area contributed by atoms with E-state index in [1.807, 2.05) is 47.3 Å². The van der Waals surface area contributed by atoms with Crippen molar-refractivity contribution in [3.05, 3.63) is 89.7 Å². The molecule has 0 unspecified atom stereocenters. The van der Waals surface area contributed by atoms with Crippen LogP contribution in [-0.4, -0.2) is 18.9 Å². The van der Waals surface area contributed by atoms with Gasteiger partial charge in [0.05, 0.1) is 5.75 Å². The van der Waals surface area contributed by atoms with Gasteiger partial charge in [0.1, 0.15) is 0 Å². The molecule has 0 fully saturated rings. The first-order chi connectivity index (χ1) is 12.4. The number of carbonyl (C=O) groups excluding carboxylic acids is 1.